The van der Waals surface area contributed by atoms with Gasteiger partial charge in [-0.15, -0.1) is 0 Å². The lowest BCUT2D eigenvalue weighted by Gasteiger charge is -2.23. The molecule has 1 aliphatic rings. The highest BCUT2D eigenvalue weighted by molar-refractivity contribution is 5.89. The van der Waals surface area contributed by atoms with Crippen molar-refractivity contribution in [3.8, 4) is 0 Å². The molecule has 7 nitrogen and oxygen atoms in total. The van der Waals surface area contributed by atoms with E-state index in [1.165, 1.54) is 17.1 Å². The number of hydrogen-bond donors (Lipinski definition) is 2. The Morgan fingerprint density at radius 2 is 2.24 bits per heavy atom. The van der Waals surface area contributed by atoms with Crippen LogP contribution in [0.2, 0.25) is 0 Å². The Kier molecular flexibility index (Phi) is 4.82. The number of amides is 2. The average molecular weight is 294 g/mol. The lowest BCUT2D eigenvalue weighted by molar-refractivity contribution is -0.137. The molecule has 116 valence electrons. The molecule has 0 radical (unpaired) electrons. The molecule has 0 aromatic carbocycles. The SMILES string of the molecule is CC(C)CCN(C(=O)Nc1cnn(CC(=O)O)c1)C1CC1. The number of anilines is 1. The van der Waals surface area contributed by atoms with Crippen LogP contribution in [0.4, 0.5) is 10.5 Å². The largest absolute Gasteiger partial charge is 0.480 e. The number of aliphatic carboxylic acids is 1. The van der Waals surface area contributed by atoms with Gasteiger partial charge in [0.25, 0.3) is 0 Å². The Hall–Kier alpha value is -2.05. The van der Waals surface area contributed by atoms with Gasteiger partial charge in [0, 0.05) is 18.8 Å². The van der Waals surface area contributed by atoms with Crippen molar-refractivity contribution in [3.05, 3.63) is 12.4 Å². The number of carbonyl (C=O) groups excluding carboxylic acids is 1. The van der Waals surface area contributed by atoms with E-state index in [2.05, 4.69) is 24.3 Å². The monoisotopic (exact) mass is 294 g/mol. The molecule has 2 amide bonds. The van der Waals surface area contributed by atoms with Crippen molar-refractivity contribution in [2.24, 2.45) is 5.92 Å². The standard InChI is InChI=1S/C14H22N4O3/c1-10(2)5-6-18(12-3-4-12)14(21)16-11-7-15-17(8-11)9-13(19)20/h7-8,10,12H,3-6,9H2,1-2H3,(H,16,21)(H,19,20). The maximum atomic E-state index is 12.3. The number of urea groups is 1. The first-order chi connectivity index (χ1) is 9.95. The van der Waals surface area contributed by atoms with Crippen LogP contribution in [0.5, 0.6) is 0 Å². The van der Waals surface area contributed by atoms with Gasteiger partial charge in [-0.05, 0) is 25.2 Å². The fourth-order valence-electron chi connectivity index (χ4n) is 2.08. The van der Waals surface area contributed by atoms with E-state index >= 15 is 0 Å². The number of carboxylic acids is 1. The van der Waals surface area contributed by atoms with Gasteiger partial charge >= 0.3 is 12.0 Å². The first-order valence-electron chi connectivity index (χ1n) is 7.27. The van der Waals surface area contributed by atoms with Crippen molar-refractivity contribution in [1.82, 2.24) is 14.7 Å². The summed E-state index contributed by atoms with van der Waals surface area (Å²) in [6.07, 6.45) is 6.09. The quantitative estimate of drug-likeness (QED) is 0.805. The predicted molar refractivity (Wildman–Crippen MR) is 78.1 cm³/mol. The molecule has 1 aliphatic carbocycles. The van der Waals surface area contributed by atoms with Gasteiger partial charge in [-0.3, -0.25) is 9.48 Å². The van der Waals surface area contributed by atoms with Crippen molar-refractivity contribution in [3.63, 3.8) is 0 Å². The zero-order chi connectivity index (χ0) is 15.4. The van der Waals surface area contributed by atoms with Crippen LogP contribution < -0.4 is 5.32 Å². The van der Waals surface area contributed by atoms with Gasteiger partial charge in [-0.25, -0.2) is 4.79 Å². The summed E-state index contributed by atoms with van der Waals surface area (Å²) in [6.45, 7) is 4.81. The second kappa shape index (κ2) is 6.60. The molecular formula is C14H22N4O3. The summed E-state index contributed by atoms with van der Waals surface area (Å²) < 4.78 is 1.29. The highest BCUT2D eigenvalue weighted by atomic mass is 16.4. The Morgan fingerprint density at radius 1 is 1.52 bits per heavy atom. The van der Waals surface area contributed by atoms with Gasteiger partial charge in [0.2, 0.25) is 0 Å². The maximum absolute atomic E-state index is 12.3. The smallest absolute Gasteiger partial charge is 0.325 e. The fourth-order valence-corrected chi connectivity index (χ4v) is 2.08. The summed E-state index contributed by atoms with van der Waals surface area (Å²) in [5.74, 6) is -0.412. The topological polar surface area (TPSA) is 87.5 Å². The van der Waals surface area contributed by atoms with E-state index in [1.807, 2.05) is 4.90 Å². The Morgan fingerprint density at radius 3 is 2.81 bits per heavy atom. The summed E-state index contributed by atoms with van der Waals surface area (Å²) in [5.41, 5.74) is 0.524. The molecule has 1 aromatic heterocycles. The molecule has 2 N–H and O–H groups in total. The summed E-state index contributed by atoms with van der Waals surface area (Å²) in [5, 5.41) is 15.4. The number of rotatable bonds is 7. The number of carbonyl (C=O) groups is 2. The summed E-state index contributed by atoms with van der Waals surface area (Å²) >= 11 is 0. The second-order valence-corrected chi connectivity index (χ2v) is 5.86. The van der Waals surface area contributed by atoms with E-state index in [1.54, 1.807) is 0 Å². The van der Waals surface area contributed by atoms with Gasteiger partial charge in [0.05, 0.1) is 11.9 Å². The molecule has 21 heavy (non-hydrogen) atoms. The lowest BCUT2D eigenvalue weighted by atomic mass is 10.1. The molecule has 1 aromatic rings. The van der Waals surface area contributed by atoms with E-state index < -0.39 is 5.97 Å². The van der Waals surface area contributed by atoms with Crippen LogP contribution in [0.3, 0.4) is 0 Å². The van der Waals surface area contributed by atoms with Crippen molar-refractivity contribution < 1.29 is 14.7 Å². The van der Waals surface area contributed by atoms with Crippen LogP contribution >= 0.6 is 0 Å². The van der Waals surface area contributed by atoms with Gasteiger partial charge < -0.3 is 15.3 Å². The van der Waals surface area contributed by atoms with Gasteiger partial charge in [-0.2, -0.15) is 5.10 Å². The first-order valence-corrected chi connectivity index (χ1v) is 7.27. The molecule has 0 unspecified atom stereocenters. The van der Waals surface area contributed by atoms with E-state index in [0.29, 0.717) is 17.6 Å². The zero-order valence-electron chi connectivity index (χ0n) is 12.5. The Labute approximate surface area is 123 Å². The first kappa shape index (κ1) is 15.3. The van der Waals surface area contributed by atoms with E-state index in [9.17, 15) is 9.59 Å². The minimum atomic E-state index is -0.965. The van der Waals surface area contributed by atoms with Crippen LogP contribution in [-0.4, -0.2) is 44.4 Å². The minimum Gasteiger partial charge on any atom is -0.480 e. The van der Waals surface area contributed by atoms with Gasteiger partial charge in [0.1, 0.15) is 6.54 Å². The highest BCUT2D eigenvalue weighted by Crippen LogP contribution is 2.28. The molecule has 7 heteroatoms. The third-order valence-corrected chi connectivity index (χ3v) is 3.38. The van der Waals surface area contributed by atoms with E-state index in [-0.39, 0.29) is 12.6 Å². The molecule has 2 rings (SSSR count). The van der Waals surface area contributed by atoms with Crippen LogP contribution in [0, 0.1) is 5.92 Å². The molecule has 1 saturated carbocycles. The fraction of sp³-hybridized carbons (Fsp3) is 0.643. The maximum Gasteiger partial charge on any atom is 0.325 e. The molecular weight excluding hydrogens is 272 g/mol. The minimum absolute atomic E-state index is 0.131. The number of carboxylic acid groups (broad SMARTS) is 1. The number of aromatic nitrogens is 2. The highest BCUT2D eigenvalue weighted by Gasteiger charge is 2.32. The molecule has 0 aliphatic heterocycles. The van der Waals surface area contributed by atoms with Crippen LogP contribution in [-0.2, 0) is 11.3 Å². The normalized spacial score (nSPS) is 14.2. The van der Waals surface area contributed by atoms with E-state index in [4.69, 9.17) is 5.11 Å². The van der Waals surface area contributed by atoms with E-state index in [0.717, 1.165) is 25.8 Å². The molecule has 1 heterocycles. The molecule has 1 fully saturated rings. The van der Waals surface area contributed by atoms with Crippen LogP contribution in [0.1, 0.15) is 33.1 Å². The summed E-state index contributed by atoms with van der Waals surface area (Å²) in [7, 11) is 0. The molecule has 0 spiro atoms. The number of nitrogens with zero attached hydrogens (tertiary/aromatic N) is 3. The van der Waals surface area contributed by atoms with Crippen molar-refractivity contribution in [1.29, 1.82) is 0 Å². The number of hydrogen-bond acceptors (Lipinski definition) is 3. The predicted octanol–water partition coefficient (Wildman–Crippen LogP) is 2.01. The lowest BCUT2D eigenvalue weighted by Crippen LogP contribution is -2.37. The third-order valence-electron chi connectivity index (χ3n) is 3.38. The van der Waals surface area contributed by atoms with Crippen molar-refractivity contribution in [2.45, 2.75) is 45.7 Å². The van der Waals surface area contributed by atoms with Gasteiger partial charge in [0.15, 0.2) is 0 Å². The summed E-state index contributed by atoms with van der Waals surface area (Å²) in [6, 6.07) is 0.214. The summed E-state index contributed by atoms with van der Waals surface area (Å²) in [4.78, 5) is 24.8. The second-order valence-electron chi connectivity index (χ2n) is 5.86. The number of nitrogens with one attached hydrogen (secondary N) is 1. The Bertz CT molecular complexity index is 508. The molecule has 0 atom stereocenters. The average Bonchev–Trinajstić information content (AvgIpc) is 3.11. The third kappa shape index (κ3) is 4.77. The zero-order valence-corrected chi connectivity index (χ0v) is 12.5. The molecule has 0 bridgehead atoms. The van der Waals surface area contributed by atoms with Crippen LogP contribution in [0.15, 0.2) is 12.4 Å². The van der Waals surface area contributed by atoms with Crippen molar-refractivity contribution in [2.75, 3.05) is 11.9 Å². The molecule has 0 saturated heterocycles. The van der Waals surface area contributed by atoms with Crippen molar-refractivity contribution >= 4 is 17.7 Å². The van der Waals surface area contributed by atoms with Crippen LogP contribution in [0.25, 0.3) is 0 Å². The Balaban J connectivity index is 1.91. The van der Waals surface area contributed by atoms with Gasteiger partial charge in [-0.1, -0.05) is 13.8 Å².